The van der Waals surface area contributed by atoms with Crippen LogP contribution >= 0.6 is 22.9 Å². The van der Waals surface area contributed by atoms with Crippen LogP contribution in [-0.4, -0.2) is 33.8 Å². The number of aliphatic hydroxyl groups is 1. The first-order valence-electron chi connectivity index (χ1n) is 9.48. The largest absolute Gasteiger partial charge is 0.507 e. The van der Waals surface area contributed by atoms with Crippen molar-refractivity contribution >= 4 is 40.4 Å². The number of ether oxygens (including phenoxy) is 1. The number of aromatic nitrogens is 1. The van der Waals surface area contributed by atoms with E-state index in [0.717, 1.165) is 10.4 Å². The lowest BCUT2D eigenvalue weighted by Crippen LogP contribution is -2.29. The molecule has 2 aromatic heterocycles. The minimum atomic E-state index is -0.758. The van der Waals surface area contributed by atoms with E-state index in [1.165, 1.54) is 23.3 Å². The van der Waals surface area contributed by atoms with Gasteiger partial charge in [0.05, 0.1) is 35.5 Å². The first-order valence-corrected chi connectivity index (χ1v) is 10.7. The fraction of sp³-hybridized carbons (Fsp3) is 0.174. The summed E-state index contributed by atoms with van der Waals surface area (Å²) in [7, 11) is 1.43. The molecule has 0 saturated carbocycles. The summed E-state index contributed by atoms with van der Waals surface area (Å²) in [5, 5.41) is 13.4. The fourth-order valence-electron chi connectivity index (χ4n) is 3.71. The molecule has 3 heterocycles. The van der Waals surface area contributed by atoms with Crippen molar-refractivity contribution in [1.82, 2.24) is 9.88 Å². The van der Waals surface area contributed by atoms with Crippen molar-refractivity contribution in [1.29, 1.82) is 0 Å². The number of ketones is 1. The van der Waals surface area contributed by atoms with Crippen molar-refractivity contribution in [3.8, 4) is 5.75 Å². The summed E-state index contributed by atoms with van der Waals surface area (Å²) in [4.78, 5) is 32.6. The second kappa shape index (κ2) is 8.53. The number of pyridine rings is 1. The highest BCUT2D eigenvalue weighted by Crippen LogP contribution is 2.44. The Morgan fingerprint density at radius 1 is 1.26 bits per heavy atom. The van der Waals surface area contributed by atoms with E-state index in [-0.39, 0.29) is 29.2 Å². The van der Waals surface area contributed by atoms with Gasteiger partial charge in [0, 0.05) is 11.1 Å². The number of thiophene rings is 1. The molecule has 8 heteroatoms. The molecular formula is C23H19ClN2O4S. The molecule has 1 atom stereocenters. The van der Waals surface area contributed by atoms with Gasteiger partial charge in [-0.05, 0) is 48.2 Å². The molecule has 1 amide bonds. The molecule has 1 N–H and O–H groups in total. The van der Waals surface area contributed by atoms with E-state index in [2.05, 4.69) is 4.98 Å². The number of benzene rings is 1. The maximum atomic E-state index is 13.1. The summed E-state index contributed by atoms with van der Waals surface area (Å²) < 4.78 is 5.38. The Morgan fingerprint density at radius 2 is 2.06 bits per heavy atom. The molecule has 0 radical (unpaired) electrons. The highest BCUT2D eigenvalue weighted by Gasteiger charge is 2.47. The van der Waals surface area contributed by atoms with Crippen LogP contribution in [0, 0.1) is 6.92 Å². The van der Waals surface area contributed by atoms with Crippen LogP contribution in [0.1, 0.15) is 27.7 Å². The number of rotatable bonds is 5. The van der Waals surface area contributed by atoms with Crippen LogP contribution in [0.5, 0.6) is 5.75 Å². The van der Waals surface area contributed by atoms with Gasteiger partial charge in [0.1, 0.15) is 17.6 Å². The normalized spacial score (nSPS) is 17.9. The highest BCUT2D eigenvalue weighted by atomic mass is 35.5. The molecule has 1 unspecified atom stereocenters. The highest BCUT2D eigenvalue weighted by molar-refractivity contribution is 7.10. The summed E-state index contributed by atoms with van der Waals surface area (Å²) in [6.07, 6.45) is 1.63. The number of Topliss-reactive ketones (excluding diaryl/α,β-unsaturated/α-hetero) is 1. The van der Waals surface area contributed by atoms with Crippen LogP contribution in [0.3, 0.4) is 0 Å². The molecular weight excluding hydrogens is 436 g/mol. The number of carbonyl (C=O) groups excluding carboxylic acids is 2. The lowest BCUT2D eigenvalue weighted by Gasteiger charge is -2.24. The third-order valence-electron chi connectivity index (χ3n) is 5.06. The van der Waals surface area contributed by atoms with Gasteiger partial charge < -0.3 is 14.7 Å². The molecule has 6 nitrogen and oxygen atoms in total. The first kappa shape index (κ1) is 21.1. The summed E-state index contributed by atoms with van der Waals surface area (Å²) in [5.74, 6) is -1.52. The quantitative estimate of drug-likeness (QED) is 0.342. The number of hydrogen-bond acceptors (Lipinski definition) is 6. The van der Waals surface area contributed by atoms with E-state index in [1.54, 1.807) is 30.5 Å². The molecule has 4 rings (SSSR count). The first-order chi connectivity index (χ1) is 14.9. The predicted molar refractivity (Wildman–Crippen MR) is 119 cm³/mol. The van der Waals surface area contributed by atoms with Crippen molar-refractivity contribution in [3.63, 3.8) is 0 Å². The zero-order valence-electron chi connectivity index (χ0n) is 16.8. The van der Waals surface area contributed by atoms with Crippen LogP contribution in [0.4, 0.5) is 0 Å². The van der Waals surface area contributed by atoms with Gasteiger partial charge in [0.25, 0.3) is 11.7 Å². The maximum absolute atomic E-state index is 13.1. The average Bonchev–Trinajstić information content (AvgIpc) is 3.36. The lowest BCUT2D eigenvalue weighted by atomic mass is 9.98. The smallest absolute Gasteiger partial charge is 0.296 e. The molecule has 1 aromatic carbocycles. The van der Waals surface area contributed by atoms with Gasteiger partial charge in [0.15, 0.2) is 0 Å². The zero-order chi connectivity index (χ0) is 22.1. The monoisotopic (exact) mass is 454 g/mol. The fourth-order valence-corrected chi connectivity index (χ4v) is 4.91. The van der Waals surface area contributed by atoms with Gasteiger partial charge in [-0.3, -0.25) is 14.6 Å². The second-order valence-corrected chi connectivity index (χ2v) is 8.48. The van der Waals surface area contributed by atoms with Gasteiger partial charge in [-0.15, -0.1) is 11.3 Å². The predicted octanol–water partition coefficient (Wildman–Crippen LogP) is 4.74. The van der Waals surface area contributed by atoms with Gasteiger partial charge >= 0.3 is 0 Å². The average molecular weight is 455 g/mol. The number of carbonyl (C=O) groups is 2. The Bertz CT molecular complexity index is 1180. The van der Waals surface area contributed by atoms with E-state index in [4.69, 9.17) is 16.3 Å². The van der Waals surface area contributed by atoms with Crippen LogP contribution < -0.4 is 4.74 Å². The number of methoxy groups -OCH3 is 1. The Kier molecular flexibility index (Phi) is 5.80. The molecule has 1 aliphatic rings. The van der Waals surface area contributed by atoms with Gasteiger partial charge in [0.2, 0.25) is 0 Å². The molecule has 3 aromatic rings. The maximum Gasteiger partial charge on any atom is 0.296 e. The minimum absolute atomic E-state index is 0.00310. The summed E-state index contributed by atoms with van der Waals surface area (Å²) >= 11 is 7.70. The van der Waals surface area contributed by atoms with Crippen molar-refractivity contribution in [2.75, 3.05) is 7.11 Å². The third kappa shape index (κ3) is 3.82. The second-order valence-electron chi connectivity index (χ2n) is 7.09. The molecule has 158 valence electrons. The summed E-state index contributed by atoms with van der Waals surface area (Å²) in [6.45, 7) is 1.95. The van der Waals surface area contributed by atoms with Gasteiger partial charge in [-0.1, -0.05) is 23.7 Å². The van der Waals surface area contributed by atoms with Crippen LogP contribution in [0.25, 0.3) is 5.76 Å². The molecule has 1 aliphatic heterocycles. The van der Waals surface area contributed by atoms with Crippen LogP contribution in [0.2, 0.25) is 5.02 Å². The Hall–Kier alpha value is -3.16. The van der Waals surface area contributed by atoms with Crippen LogP contribution in [-0.2, 0) is 16.1 Å². The third-order valence-corrected chi connectivity index (χ3v) is 6.26. The van der Waals surface area contributed by atoms with Crippen molar-refractivity contribution < 1.29 is 19.4 Å². The standard InChI is InChI=1S/C23H19ClN2O4S/c1-13-10-15(22(30-2)16(24)11-13)20(27)18-19(17-7-5-9-31-17)26(23(29)21(18)28)12-14-6-3-4-8-25-14/h3-11,19,27H,12H2,1-2H3/b20-18-. The van der Waals surface area contributed by atoms with E-state index in [9.17, 15) is 14.7 Å². The van der Waals surface area contributed by atoms with E-state index in [0.29, 0.717) is 10.7 Å². The molecule has 31 heavy (non-hydrogen) atoms. The van der Waals surface area contributed by atoms with Crippen LogP contribution in [0.15, 0.2) is 59.6 Å². The zero-order valence-corrected chi connectivity index (χ0v) is 18.4. The van der Waals surface area contributed by atoms with Crippen molar-refractivity contribution in [3.05, 3.63) is 86.3 Å². The molecule has 0 spiro atoms. The molecule has 1 fully saturated rings. The molecule has 0 aliphatic carbocycles. The van der Waals surface area contributed by atoms with Gasteiger partial charge in [-0.2, -0.15) is 0 Å². The van der Waals surface area contributed by atoms with Crippen molar-refractivity contribution in [2.24, 2.45) is 0 Å². The number of aryl methyl sites for hydroxylation is 1. The topological polar surface area (TPSA) is 79.7 Å². The minimum Gasteiger partial charge on any atom is -0.507 e. The number of amides is 1. The van der Waals surface area contributed by atoms with Gasteiger partial charge in [-0.25, -0.2) is 0 Å². The number of likely N-dealkylation sites (tertiary alicyclic amines) is 1. The Morgan fingerprint density at radius 3 is 2.71 bits per heavy atom. The number of aliphatic hydroxyl groups excluding tert-OH is 1. The SMILES string of the molecule is COc1c(Cl)cc(C)cc1/C(O)=C1/C(=O)C(=O)N(Cc2ccccn2)C1c1cccs1. The van der Waals surface area contributed by atoms with E-state index < -0.39 is 17.7 Å². The summed E-state index contributed by atoms with van der Waals surface area (Å²) in [5.41, 5.74) is 1.69. The summed E-state index contributed by atoms with van der Waals surface area (Å²) in [6, 6.07) is 11.7. The number of nitrogens with zero attached hydrogens (tertiary/aromatic N) is 2. The Labute approximate surface area is 188 Å². The van der Waals surface area contributed by atoms with E-state index >= 15 is 0 Å². The number of halogens is 1. The number of hydrogen-bond donors (Lipinski definition) is 1. The van der Waals surface area contributed by atoms with Crippen molar-refractivity contribution in [2.45, 2.75) is 19.5 Å². The van der Waals surface area contributed by atoms with E-state index in [1.807, 2.05) is 30.5 Å². The molecule has 0 bridgehead atoms. The lowest BCUT2D eigenvalue weighted by molar-refractivity contribution is -0.140. The Balaban J connectivity index is 1.90. The molecule has 1 saturated heterocycles.